The second-order valence-corrected chi connectivity index (χ2v) is 12.1. The second-order valence-electron chi connectivity index (χ2n) is 10.4. The van der Waals surface area contributed by atoms with E-state index in [-0.39, 0.29) is 11.3 Å². The zero-order valence-corrected chi connectivity index (χ0v) is 24.6. The predicted octanol–water partition coefficient (Wildman–Crippen LogP) is 2.70. The van der Waals surface area contributed by atoms with Gasteiger partial charge in [-0.25, -0.2) is 13.1 Å². The minimum absolute atomic E-state index is 0.0641. The lowest BCUT2D eigenvalue weighted by Crippen LogP contribution is -2.59. The molecule has 1 aliphatic heterocycles. The molecule has 5 atom stereocenters. The van der Waals surface area contributed by atoms with Crippen LogP contribution < -0.4 is 9.62 Å². The molecular formula is C30H37N3O8S. The summed E-state index contributed by atoms with van der Waals surface area (Å²) in [5.41, 5.74) is 2.03. The molecule has 12 heteroatoms. The monoisotopic (exact) mass is 599 g/mol. The summed E-state index contributed by atoms with van der Waals surface area (Å²) in [6, 6.07) is 17.3. The van der Waals surface area contributed by atoms with E-state index in [1.165, 1.54) is 12.6 Å². The van der Waals surface area contributed by atoms with Gasteiger partial charge >= 0.3 is 0 Å². The normalized spacial score (nSPS) is 23.4. The Bertz CT molecular complexity index is 1570. The van der Waals surface area contributed by atoms with E-state index in [1.54, 1.807) is 18.2 Å². The highest BCUT2D eigenvalue weighted by molar-refractivity contribution is 7.93. The molecule has 0 spiro atoms. The molecule has 1 fully saturated rings. The molecule has 0 amide bonds. The largest absolute Gasteiger partial charge is 0.456 e. The summed E-state index contributed by atoms with van der Waals surface area (Å²) in [5.74, 6) is 0.678. The van der Waals surface area contributed by atoms with Crippen LogP contribution in [0.3, 0.4) is 0 Å². The third-order valence-electron chi connectivity index (χ3n) is 7.31. The molecule has 2 heterocycles. The van der Waals surface area contributed by atoms with E-state index < -0.39 is 52.2 Å². The van der Waals surface area contributed by atoms with Crippen molar-refractivity contribution in [2.75, 3.05) is 24.5 Å². The van der Waals surface area contributed by atoms with E-state index in [0.717, 1.165) is 42.3 Å². The van der Waals surface area contributed by atoms with Gasteiger partial charge in [-0.2, -0.15) is 5.26 Å². The van der Waals surface area contributed by atoms with Crippen LogP contribution in [-0.4, -0.2) is 79.2 Å². The van der Waals surface area contributed by atoms with Gasteiger partial charge in [0.2, 0.25) is 0 Å². The first kappa shape index (κ1) is 31.7. The zero-order valence-electron chi connectivity index (χ0n) is 23.8. The maximum Gasteiger partial charge on any atom is 0.251 e. The van der Waals surface area contributed by atoms with Crippen LogP contribution in [-0.2, 0) is 14.8 Å². The lowest BCUT2D eigenvalue weighted by molar-refractivity contribution is -0.279. The van der Waals surface area contributed by atoms with Gasteiger partial charge in [-0.1, -0.05) is 32.0 Å². The summed E-state index contributed by atoms with van der Waals surface area (Å²) < 4.78 is 39.1. The molecule has 2 aromatic carbocycles. The van der Waals surface area contributed by atoms with Crippen LogP contribution in [0.4, 0.5) is 5.69 Å². The van der Waals surface area contributed by atoms with E-state index in [1.807, 2.05) is 18.2 Å². The number of nitrogens with zero attached hydrogens (tertiary/aromatic N) is 2. The third-order valence-corrected chi connectivity index (χ3v) is 8.79. The number of aliphatic hydroxyl groups excluding tert-OH is 4. The smallest absolute Gasteiger partial charge is 0.251 e. The minimum atomic E-state index is -4.41. The molecule has 0 saturated carbocycles. The van der Waals surface area contributed by atoms with Crippen LogP contribution in [0.2, 0.25) is 0 Å². The Morgan fingerprint density at radius 1 is 0.952 bits per heavy atom. The Kier molecular flexibility index (Phi) is 10.1. The SMILES string of the molecule is CCCN(CCC)c1ccc2cc(-c3ccc(/C(C)=C(\C#N)S(=O)(=O)NC[C@H]4OC(O)[C@H](O)[C@@H](O)[C@@H]4O)o3)ccc2c1. The molecule has 0 aliphatic carbocycles. The van der Waals surface area contributed by atoms with Crippen molar-refractivity contribution < 1.29 is 38.0 Å². The van der Waals surface area contributed by atoms with Gasteiger partial charge in [0.15, 0.2) is 11.2 Å². The van der Waals surface area contributed by atoms with Gasteiger partial charge in [-0.15, -0.1) is 0 Å². The summed E-state index contributed by atoms with van der Waals surface area (Å²) >= 11 is 0. The molecule has 11 nitrogen and oxygen atoms in total. The van der Waals surface area contributed by atoms with E-state index >= 15 is 0 Å². The van der Waals surface area contributed by atoms with Crippen LogP contribution in [0.15, 0.2) is 57.9 Å². The second kappa shape index (κ2) is 13.4. The van der Waals surface area contributed by atoms with Crippen LogP contribution >= 0.6 is 0 Å². The van der Waals surface area contributed by atoms with E-state index in [4.69, 9.17) is 9.15 Å². The van der Waals surface area contributed by atoms with Crippen LogP contribution in [0, 0.1) is 11.3 Å². The Morgan fingerprint density at radius 2 is 1.62 bits per heavy atom. The Morgan fingerprint density at radius 3 is 2.29 bits per heavy atom. The maximum atomic E-state index is 13.0. The van der Waals surface area contributed by atoms with Crippen LogP contribution in [0.5, 0.6) is 0 Å². The van der Waals surface area contributed by atoms with Crippen molar-refractivity contribution in [3.05, 3.63) is 59.2 Å². The van der Waals surface area contributed by atoms with Crippen molar-refractivity contribution in [3.8, 4) is 17.4 Å². The first-order chi connectivity index (χ1) is 20.0. The number of furan rings is 1. The summed E-state index contributed by atoms with van der Waals surface area (Å²) in [5, 5.41) is 51.0. The zero-order chi connectivity index (χ0) is 30.6. The number of anilines is 1. The average Bonchev–Trinajstić information content (AvgIpc) is 3.47. The van der Waals surface area contributed by atoms with Crippen molar-refractivity contribution in [2.45, 2.75) is 64.3 Å². The topological polar surface area (TPSA) is 176 Å². The first-order valence-electron chi connectivity index (χ1n) is 13.9. The highest BCUT2D eigenvalue weighted by atomic mass is 32.2. The fraction of sp³-hybridized carbons (Fsp3) is 0.433. The molecule has 5 N–H and O–H groups in total. The highest BCUT2D eigenvalue weighted by Crippen LogP contribution is 2.32. The number of fused-ring (bicyclic) bond motifs is 1. The number of allylic oxidation sites excluding steroid dienone is 2. The number of ether oxygens (including phenoxy) is 1. The van der Waals surface area contributed by atoms with Crippen LogP contribution in [0.25, 0.3) is 27.7 Å². The lowest BCUT2D eigenvalue weighted by atomic mass is 9.99. The molecule has 1 saturated heterocycles. The molecule has 1 aliphatic rings. The molecule has 1 aromatic heterocycles. The number of hydrogen-bond donors (Lipinski definition) is 5. The quantitative estimate of drug-likeness (QED) is 0.206. The molecular weight excluding hydrogens is 562 g/mol. The Hall–Kier alpha value is -3.28. The first-order valence-corrected chi connectivity index (χ1v) is 15.4. The minimum Gasteiger partial charge on any atom is -0.456 e. The summed E-state index contributed by atoms with van der Waals surface area (Å²) in [7, 11) is -4.41. The molecule has 226 valence electrons. The highest BCUT2D eigenvalue weighted by Gasteiger charge is 2.43. The number of sulfonamides is 1. The molecule has 42 heavy (non-hydrogen) atoms. The number of aliphatic hydroxyl groups is 4. The molecule has 0 radical (unpaired) electrons. The van der Waals surface area contributed by atoms with Gasteiger partial charge in [0.05, 0.1) is 0 Å². The predicted molar refractivity (Wildman–Crippen MR) is 158 cm³/mol. The fourth-order valence-electron chi connectivity index (χ4n) is 5.01. The third kappa shape index (κ3) is 6.68. The van der Waals surface area contributed by atoms with Gasteiger partial charge in [0.25, 0.3) is 10.0 Å². The Labute approximate surface area is 245 Å². The summed E-state index contributed by atoms with van der Waals surface area (Å²) in [4.78, 5) is 1.77. The molecule has 3 aromatic rings. The summed E-state index contributed by atoms with van der Waals surface area (Å²) in [6.45, 7) is 7.18. The van der Waals surface area contributed by atoms with E-state index in [2.05, 4.69) is 41.7 Å². The van der Waals surface area contributed by atoms with Gasteiger partial charge in [-0.05, 0) is 60.9 Å². The van der Waals surface area contributed by atoms with Crippen LogP contribution in [0.1, 0.15) is 39.4 Å². The molecule has 1 unspecified atom stereocenters. The number of nitriles is 1. The number of rotatable bonds is 11. The van der Waals surface area contributed by atoms with Crippen molar-refractivity contribution in [1.82, 2.24) is 4.72 Å². The van der Waals surface area contributed by atoms with Crippen molar-refractivity contribution in [2.24, 2.45) is 0 Å². The van der Waals surface area contributed by atoms with E-state index in [0.29, 0.717) is 5.76 Å². The summed E-state index contributed by atoms with van der Waals surface area (Å²) in [6.07, 6.45) is -6.22. The maximum absolute atomic E-state index is 13.0. The molecule has 4 rings (SSSR count). The van der Waals surface area contributed by atoms with Gasteiger partial charge in [0.1, 0.15) is 42.0 Å². The van der Waals surface area contributed by atoms with Gasteiger partial charge < -0.3 is 34.5 Å². The fourth-order valence-corrected chi connectivity index (χ4v) is 6.16. The van der Waals surface area contributed by atoms with Crippen molar-refractivity contribution >= 4 is 32.1 Å². The Balaban J connectivity index is 1.54. The number of nitrogens with one attached hydrogen (secondary N) is 1. The van der Waals surface area contributed by atoms with Crippen molar-refractivity contribution in [3.63, 3.8) is 0 Å². The molecule has 0 bridgehead atoms. The van der Waals surface area contributed by atoms with Crippen molar-refractivity contribution in [1.29, 1.82) is 5.26 Å². The van der Waals surface area contributed by atoms with Gasteiger partial charge in [0, 0.05) is 36.5 Å². The van der Waals surface area contributed by atoms with Gasteiger partial charge in [-0.3, -0.25) is 0 Å². The standard InChI is InChI=1S/C30H37N3O8S/c1-4-12-33(13-5-2)22-9-8-19-14-21(7-6-20(19)15-22)24-11-10-23(40-24)18(3)26(16-31)42(38,39)32-17-25-27(34)28(35)29(36)30(37)41-25/h6-11,14-15,25,27-30,32,34-37H,4-5,12-13,17H2,1-3H3/b26-18+/t25-,27-,28+,29-,30?/m1/s1. The number of hydrogen-bond acceptors (Lipinski definition) is 10. The lowest BCUT2D eigenvalue weighted by Gasteiger charge is -2.38. The average molecular weight is 600 g/mol. The number of benzene rings is 2. The van der Waals surface area contributed by atoms with E-state index in [9.17, 15) is 34.1 Å².